The highest BCUT2D eigenvalue weighted by Crippen LogP contribution is 2.46. The summed E-state index contributed by atoms with van der Waals surface area (Å²) < 4.78 is 41.4. The predicted octanol–water partition coefficient (Wildman–Crippen LogP) is 6.15. The molecule has 202 valence electrons. The molecule has 1 atom stereocenters. The third kappa shape index (κ3) is 4.30. The smallest absolute Gasteiger partial charge is 0.266 e. The molecule has 1 N–H and O–H groups in total. The van der Waals surface area contributed by atoms with E-state index in [1.54, 1.807) is 6.92 Å². The van der Waals surface area contributed by atoms with E-state index < -0.39 is 29.3 Å². The van der Waals surface area contributed by atoms with E-state index in [0.29, 0.717) is 30.0 Å². The van der Waals surface area contributed by atoms with Crippen LogP contribution in [0.1, 0.15) is 68.5 Å². The van der Waals surface area contributed by atoms with Crippen LogP contribution < -0.4 is 10.2 Å². The zero-order valence-electron chi connectivity index (χ0n) is 22.6. The van der Waals surface area contributed by atoms with Crippen LogP contribution in [0.4, 0.5) is 24.7 Å². The van der Waals surface area contributed by atoms with Crippen molar-refractivity contribution in [1.29, 1.82) is 0 Å². The summed E-state index contributed by atoms with van der Waals surface area (Å²) in [5.41, 5.74) is 1.33. The summed E-state index contributed by atoms with van der Waals surface area (Å²) in [4.78, 5) is 17.7. The van der Waals surface area contributed by atoms with Crippen LogP contribution in [0.3, 0.4) is 0 Å². The number of rotatable bonds is 7. The Morgan fingerprint density at radius 2 is 1.82 bits per heavy atom. The lowest BCUT2D eigenvalue weighted by Crippen LogP contribution is -2.47. The lowest BCUT2D eigenvalue weighted by Gasteiger charge is -2.41. The molecule has 0 saturated heterocycles. The Bertz CT molecular complexity index is 1400. The van der Waals surface area contributed by atoms with Crippen LogP contribution in [-0.4, -0.2) is 47.7 Å². The number of alkyl halides is 2. The third-order valence-corrected chi connectivity index (χ3v) is 8.32. The van der Waals surface area contributed by atoms with E-state index in [0.717, 1.165) is 40.9 Å². The minimum Gasteiger partial charge on any atom is -0.361 e. The van der Waals surface area contributed by atoms with E-state index in [-0.39, 0.29) is 11.5 Å². The Morgan fingerprint density at radius 3 is 2.47 bits per heavy atom. The van der Waals surface area contributed by atoms with Crippen LogP contribution in [0, 0.1) is 18.7 Å². The molecule has 1 fully saturated rings. The number of nitrogens with zero attached hydrogens (tertiary/aromatic N) is 4. The maximum absolute atomic E-state index is 14.8. The van der Waals surface area contributed by atoms with E-state index in [1.807, 2.05) is 37.8 Å². The second-order valence-corrected chi connectivity index (χ2v) is 11.5. The normalized spacial score (nSPS) is 21.2. The Labute approximate surface area is 221 Å². The zero-order valence-corrected chi connectivity index (χ0v) is 22.6. The van der Waals surface area contributed by atoms with Gasteiger partial charge in [-0.15, -0.1) is 5.10 Å². The largest absolute Gasteiger partial charge is 0.361 e. The van der Waals surface area contributed by atoms with Gasteiger partial charge in [0.1, 0.15) is 5.82 Å². The van der Waals surface area contributed by atoms with Crippen molar-refractivity contribution in [2.24, 2.45) is 5.92 Å². The molecule has 1 amide bonds. The van der Waals surface area contributed by atoms with Crippen LogP contribution in [0.5, 0.6) is 0 Å². The monoisotopic (exact) mass is 525 g/mol. The van der Waals surface area contributed by atoms with Gasteiger partial charge in [-0.2, -0.15) is 5.10 Å². The Morgan fingerprint density at radius 1 is 1.13 bits per heavy atom. The fourth-order valence-electron chi connectivity index (χ4n) is 5.77. The molecule has 2 aliphatic rings. The van der Waals surface area contributed by atoms with Crippen molar-refractivity contribution in [3.63, 3.8) is 0 Å². The van der Waals surface area contributed by atoms with E-state index in [2.05, 4.69) is 34.5 Å². The zero-order chi connectivity index (χ0) is 27.5. The van der Waals surface area contributed by atoms with Gasteiger partial charge in [0, 0.05) is 34.6 Å². The van der Waals surface area contributed by atoms with E-state index in [9.17, 15) is 18.0 Å². The number of carbonyl (C=O) groups excluding carboxylic acids is 1. The number of benzene rings is 2. The minimum absolute atomic E-state index is 0.0726. The molecule has 5 rings (SSSR count). The van der Waals surface area contributed by atoms with Crippen molar-refractivity contribution in [3.8, 4) is 0 Å². The van der Waals surface area contributed by atoms with Gasteiger partial charge in [-0.1, -0.05) is 18.2 Å². The number of carbonyl (C=O) groups is 1. The average molecular weight is 526 g/mol. The van der Waals surface area contributed by atoms with Crippen LogP contribution in [0.15, 0.2) is 30.3 Å². The SMILES string of the molecule is Cc1nnc(N[C@H](C)c2cccc(C(F)F)c2F)c2cc3c(cc12)C(C)(C)C(=O)N3CC1CC(N(C)C)C1. The van der Waals surface area contributed by atoms with Crippen LogP contribution in [0.25, 0.3) is 10.8 Å². The number of amides is 1. The van der Waals surface area contributed by atoms with Gasteiger partial charge in [-0.25, -0.2) is 13.2 Å². The maximum atomic E-state index is 14.8. The van der Waals surface area contributed by atoms with E-state index >= 15 is 0 Å². The Hall–Kier alpha value is -3.20. The van der Waals surface area contributed by atoms with Crippen molar-refractivity contribution in [1.82, 2.24) is 15.1 Å². The minimum atomic E-state index is -2.90. The quantitative estimate of drug-likeness (QED) is 0.401. The highest BCUT2D eigenvalue weighted by Gasteiger charge is 2.46. The number of aryl methyl sites for hydroxylation is 1. The van der Waals surface area contributed by atoms with E-state index in [4.69, 9.17) is 0 Å². The number of nitrogens with one attached hydrogen (secondary N) is 1. The summed E-state index contributed by atoms with van der Waals surface area (Å²) in [6, 6.07) is 7.90. The van der Waals surface area contributed by atoms with Gasteiger partial charge in [0.25, 0.3) is 6.43 Å². The van der Waals surface area contributed by atoms with Gasteiger partial charge in [-0.3, -0.25) is 4.79 Å². The topological polar surface area (TPSA) is 61.4 Å². The van der Waals surface area contributed by atoms with Crippen molar-refractivity contribution in [2.75, 3.05) is 30.9 Å². The summed E-state index contributed by atoms with van der Waals surface area (Å²) in [5.74, 6) is -0.00812. The predicted molar refractivity (Wildman–Crippen MR) is 143 cm³/mol. The molecule has 1 aliphatic heterocycles. The number of fused-ring (bicyclic) bond motifs is 2. The molecule has 9 heteroatoms. The summed E-state index contributed by atoms with van der Waals surface area (Å²) >= 11 is 0. The summed E-state index contributed by atoms with van der Waals surface area (Å²) in [6.07, 6.45) is -0.795. The highest BCUT2D eigenvalue weighted by molar-refractivity contribution is 6.11. The molecule has 2 heterocycles. The molecule has 38 heavy (non-hydrogen) atoms. The van der Waals surface area contributed by atoms with Gasteiger partial charge < -0.3 is 15.1 Å². The van der Waals surface area contributed by atoms with Crippen molar-refractivity contribution < 1.29 is 18.0 Å². The molecule has 1 aromatic heterocycles. The first kappa shape index (κ1) is 26.4. The van der Waals surface area contributed by atoms with Gasteiger partial charge in [-0.05, 0) is 78.2 Å². The molecule has 1 aliphatic carbocycles. The Balaban J connectivity index is 1.52. The van der Waals surface area contributed by atoms with Crippen LogP contribution in [-0.2, 0) is 10.2 Å². The summed E-state index contributed by atoms with van der Waals surface area (Å²) in [6.45, 7) is 8.12. The van der Waals surface area contributed by atoms with Crippen molar-refractivity contribution >= 4 is 28.2 Å². The first-order valence-electron chi connectivity index (χ1n) is 13.0. The lowest BCUT2D eigenvalue weighted by molar-refractivity contribution is -0.122. The fourth-order valence-corrected chi connectivity index (χ4v) is 5.77. The first-order chi connectivity index (χ1) is 17.9. The Kier molecular flexibility index (Phi) is 6.62. The molecule has 0 spiro atoms. The molecule has 0 bridgehead atoms. The standard InChI is InChI=1S/C29H34F3N5O/c1-15(19-8-7-9-20(25(19)30)26(31)32)33-27-22-13-24-23(12-21(22)16(2)34-35-27)29(3,4)28(38)37(24)14-17-10-18(11-17)36(5)6/h7-9,12-13,15,17-18,26H,10-11,14H2,1-6H3,(H,33,35)/t15-,17?,18?/m1/s1. The van der Waals surface area contributed by atoms with E-state index in [1.165, 1.54) is 12.1 Å². The van der Waals surface area contributed by atoms with Gasteiger partial charge in [0.15, 0.2) is 5.82 Å². The lowest BCUT2D eigenvalue weighted by atomic mass is 9.79. The molecule has 2 aromatic carbocycles. The first-order valence-corrected chi connectivity index (χ1v) is 13.0. The molecule has 3 aromatic rings. The molecule has 0 radical (unpaired) electrons. The number of anilines is 2. The van der Waals surface area contributed by atoms with Gasteiger partial charge in [0.05, 0.1) is 22.7 Å². The summed E-state index contributed by atoms with van der Waals surface area (Å²) in [5, 5.41) is 13.4. The molecular formula is C29H34F3N5O. The van der Waals surface area contributed by atoms with Crippen molar-refractivity contribution in [3.05, 3.63) is 58.5 Å². The second-order valence-electron chi connectivity index (χ2n) is 11.5. The third-order valence-electron chi connectivity index (χ3n) is 8.32. The second kappa shape index (κ2) is 9.52. The average Bonchev–Trinajstić information content (AvgIpc) is 3.01. The maximum Gasteiger partial charge on any atom is 0.266 e. The highest BCUT2D eigenvalue weighted by atomic mass is 19.3. The number of halogens is 3. The number of hydrogen-bond donors (Lipinski definition) is 1. The van der Waals surface area contributed by atoms with Crippen LogP contribution >= 0.6 is 0 Å². The number of aromatic nitrogens is 2. The molecule has 1 saturated carbocycles. The number of hydrogen-bond acceptors (Lipinski definition) is 5. The molecule has 6 nitrogen and oxygen atoms in total. The molecule has 0 unspecified atom stereocenters. The van der Waals surface area contributed by atoms with Crippen LogP contribution in [0.2, 0.25) is 0 Å². The fraction of sp³-hybridized carbons (Fsp3) is 0.483. The summed E-state index contributed by atoms with van der Waals surface area (Å²) in [7, 11) is 4.17. The molecular weight excluding hydrogens is 491 g/mol. The van der Waals surface area contributed by atoms with Crippen molar-refractivity contribution in [2.45, 2.75) is 64.5 Å². The van der Waals surface area contributed by atoms with Gasteiger partial charge in [0.2, 0.25) is 5.91 Å². The van der Waals surface area contributed by atoms with Gasteiger partial charge >= 0.3 is 0 Å².